The first-order chi connectivity index (χ1) is 7.63. The third-order valence-electron chi connectivity index (χ3n) is 1.92. The quantitative estimate of drug-likeness (QED) is 0.912. The Morgan fingerprint density at radius 3 is 2.75 bits per heavy atom. The predicted octanol–water partition coefficient (Wildman–Crippen LogP) is 3.94. The van der Waals surface area contributed by atoms with Crippen LogP contribution in [0.1, 0.15) is 5.56 Å². The second kappa shape index (κ2) is 4.80. The minimum absolute atomic E-state index is 0.372. The molecule has 1 N–H and O–H groups in total. The van der Waals surface area contributed by atoms with Gasteiger partial charge in [-0.25, -0.2) is 4.98 Å². The fourth-order valence-corrected chi connectivity index (χ4v) is 2.11. The Kier molecular flexibility index (Phi) is 3.41. The molecule has 0 atom stereocenters. The number of rotatable bonds is 2. The highest BCUT2D eigenvalue weighted by Crippen LogP contribution is 2.21. The van der Waals surface area contributed by atoms with Gasteiger partial charge in [-0.15, -0.1) is 0 Å². The number of aromatic nitrogens is 2. The van der Waals surface area contributed by atoms with Gasteiger partial charge < -0.3 is 5.32 Å². The molecule has 1 aromatic carbocycles. The Morgan fingerprint density at radius 2 is 2.06 bits per heavy atom. The molecule has 0 amide bonds. The molecule has 0 aliphatic carbocycles. The van der Waals surface area contributed by atoms with Gasteiger partial charge in [0.25, 0.3) is 0 Å². The van der Waals surface area contributed by atoms with Crippen molar-refractivity contribution in [2.24, 2.45) is 0 Å². The highest BCUT2D eigenvalue weighted by Gasteiger charge is 1.99. The molecule has 5 heteroatoms. The summed E-state index contributed by atoms with van der Waals surface area (Å²) < 4.78 is 1.02. The molecule has 0 radical (unpaired) electrons. The average Bonchev–Trinajstić information content (AvgIpc) is 2.15. The Labute approximate surface area is 107 Å². The van der Waals surface area contributed by atoms with Crippen LogP contribution in [0.25, 0.3) is 0 Å². The van der Waals surface area contributed by atoms with Gasteiger partial charge in [0.1, 0.15) is 5.15 Å². The van der Waals surface area contributed by atoms with Crippen LogP contribution >= 0.6 is 27.5 Å². The second-order valence-electron chi connectivity index (χ2n) is 3.37. The van der Waals surface area contributed by atoms with E-state index in [4.69, 9.17) is 11.6 Å². The molecule has 0 aliphatic rings. The van der Waals surface area contributed by atoms with Crippen molar-refractivity contribution < 1.29 is 0 Å². The first-order valence-corrected chi connectivity index (χ1v) is 5.82. The van der Waals surface area contributed by atoms with Gasteiger partial charge in [0.05, 0.1) is 12.4 Å². The van der Waals surface area contributed by atoms with Crippen LogP contribution in [0.4, 0.5) is 11.5 Å². The highest BCUT2D eigenvalue weighted by molar-refractivity contribution is 9.10. The molecule has 82 valence electrons. The summed E-state index contributed by atoms with van der Waals surface area (Å²) in [5, 5.41) is 3.51. The number of benzene rings is 1. The fraction of sp³-hybridized carbons (Fsp3) is 0.0909. The third-order valence-corrected chi connectivity index (χ3v) is 2.56. The molecule has 0 saturated carbocycles. The molecular weight excluding hydrogens is 289 g/mol. The lowest BCUT2D eigenvalue weighted by Crippen LogP contribution is -1.95. The molecule has 3 nitrogen and oxygen atoms in total. The summed E-state index contributed by atoms with van der Waals surface area (Å²) in [5.41, 5.74) is 2.11. The predicted molar refractivity (Wildman–Crippen MR) is 69.2 cm³/mol. The van der Waals surface area contributed by atoms with Crippen LogP contribution in [0, 0.1) is 6.92 Å². The summed E-state index contributed by atoms with van der Waals surface area (Å²) in [6, 6.07) is 6.03. The summed E-state index contributed by atoms with van der Waals surface area (Å²) in [6.45, 7) is 2.03. The number of halogens is 2. The summed E-state index contributed by atoms with van der Waals surface area (Å²) in [5.74, 6) is 0.630. The zero-order chi connectivity index (χ0) is 11.5. The number of nitrogens with one attached hydrogen (secondary N) is 1. The number of hydrogen-bond donors (Lipinski definition) is 1. The molecule has 0 bridgehead atoms. The van der Waals surface area contributed by atoms with Crippen molar-refractivity contribution >= 4 is 39.0 Å². The van der Waals surface area contributed by atoms with E-state index in [1.807, 2.05) is 25.1 Å². The zero-order valence-electron chi connectivity index (χ0n) is 8.54. The molecule has 2 rings (SSSR count). The first-order valence-electron chi connectivity index (χ1n) is 4.65. The van der Waals surface area contributed by atoms with Crippen molar-refractivity contribution in [1.82, 2.24) is 9.97 Å². The molecule has 1 aromatic heterocycles. The maximum absolute atomic E-state index is 5.75. The minimum Gasteiger partial charge on any atom is -0.339 e. The van der Waals surface area contributed by atoms with E-state index in [1.54, 1.807) is 6.20 Å². The Hall–Kier alpha value is -1.13. The van der Waals surface area contributed by atoms with Gasteiger partial charge in [0, 0.05) is 10.2 Å². The largest absolute Gasteiger partial charge is 0.339 e. The lowest BCUT2D eigenvalue weighted by atomic mass is 10.2. The topological polar surface area (TPSA) is 37.8 Å². The van der Waals surface area contributed by atoms with Crippen LogP contribution in [0.5, 0.6) is 0 Å². The van der Waals surface area contributed by atoms with Gasteiger partial charge >= 0.3 is 0 Å². The van der Waals surface area contributed by atoms with Gasteiger partial charge in [-0.05, 0) is 30.7 Å². The van der Waals surface area contributed by atoms with Crippen LogP contribution in [0.3, 0.4) is 0 Å². The molecule has 0 spiro atoms. The summed E-state index contributed by atoms with van der Waals surface area (Å²) in [6.07, 6.45) is 3.13. The van der Waals surface area contributed by atoms with Crippen molar-refractivity contribution in [2.75, 3.05) is 5.32 Å². The Bertz CT molecular complexity index is 496. The maximum Gasteiger partial charge on any atom is 0.150 e. The molecule has 16 heavy (non-hydrogen) atoms. The second-order valence-corrected chi connectivity index (χ2v) is 4.67. The standard InChI is InChI=1S/C11H9BrClN3/c1-7-2-8(12)4-9(3-7)15-11-6-14-5-10(13)16-11/h2-6H,1H3,(H,15,16). The molecule has 2 aromatic rings. The van der Waals surface area contributed by atoms with Crippen LogP contribution in [0.2, 0.25) is 5.15 Å². The van der Waals surface area contributed by atoms with E-state index in [2.05, 4.69) is 31.2 Å². The van der Waals surface area contributed by atoms with Crippen LogP contribution in [-0.4, -0.2) is 9.97 Å². The van der Waals surface area contributed by atoms with E-state index in [-0.39, 0.29) is 0 Å². The number of aryl methyl sites for hydroxylation is 1. The van der Waals surface area contributed by atoms with Crippen LogP contribution in [0.15, 0.2) is 35.1 Å². The van der Waals surface area contributed by atoms with E-state index in [0.29, 0.717) is 11.0 Å². The molecule has 0 fully saturated rings. The lowest BCUT2D eigenvalue weighted by Gasteiger charge is -2.06. The van der Waals surface area contributed by atoms with Crippen molar-refractivity contribution in [2.45, 2.75) is 6.92 Å². The number of hydrogen-bond acceptors (Lipinski definition) is 3. The monoisotopic (exact) mass is 297 g/mol. The van der Waals surface area contributed by atoms with Gasteiger partial charge in [-0.3, -0.25) is 4.98 Å². The number of nitrogens with zero attached hydrogens (tertiary/aromatic N) is 2. The molecular formula is C11H9BrClN3. The normalized spacial score (nSPS) is 10.2. The van der Waals surface area contributed by atoms with Gasteiger partial charge in [0.2, 0.25) is 0 Å². The SMILES string of the molecule is Cc1cc(Br)cc(Nc2cncc(Cl)n2)c1. The summed E-state index contributed by atoms with van der Waals surface area (Å²) in [4.78, 5) is 8.06. The molecule has 0 unspecified atom stereocenters. The van der Waals surface area contributed by atoms with E-state index < -0.39 is 0 Å². The lowest BCUT2D eigenvalue weighted by molar-refractivity contribution is 1.20. The van der Waals surface area contributed by atoms with Crippen molar-refractivity contribution in [3.05, 3.63) is 45.8 Å². The van der Waals surface area contributed by atoms with Crippen molar-refractivity contribution in [3.63, 3.8) is 0 Å². The molecule has 0 aliphatic heterocycles. The highest BCUT2D eigenvalue weighted by atomic mass is 79.9. The average molecular weight is 299 g/mol. The Morgan fingerprint density at radius 1 is 1.25 bits per heavy atom. The van der Waals surface area contributed by atoms with Crippen molar-refractivity contribution in [1.29, 1.82) is 0 Å². The smallest absolute Gasteiger partial charge is 0.150 e. The van der Waals surface area contributed by atoms with E-state index in [1.165, 1.54) is 6.20 Å². The maximum atomic E-state index is 5.75. The summed E-state index contributed by atoms with van der Waals surface area (Å²) in [7, 11) is 0. The van der Waals surface area contributed by atoms with Crippen LogP contribution < -0.4 is 5.32 Å². The third kappa shape index (κ3) is 2.93. The van der Waals surface area contributed by atoms with Crippen LogP contribution in [-0.2, 0) is 0 Å². The van der Waals surface area contributed by atoms with Gasteiger partial charge in [0.15, 0.2) is 5.82 Å². The first kappa shape index (κ1) is 11.4. The zero-order valence-corrected chi connectivity index (χ0v) is 10.9. The molecule has 1 heterocycles. The van der Waals surface area contributed by atoms with E-state index in [0.717, 1.165) is 15.7 Å². The number of anilines is 2. The van der Waals surface area contributed by atoms with Gasteiger partial charge in [-0.1, -0.05) is 27.5 Å². The van der Waals surface area contributed by atoms with Gasteiger partial charge in [-0.2, -0.15) is 0 Å². The van der Waals surface area contributed by atoms with Crippen molar-refractivity contribution in [3.8, 4) is 0 Å². The van der Waals surface area contributed by atoms with E-state index in [9.17, 15) is 0 Å². The summed E-state index contributed by atoms with van der Waals surface area (Å²) >= 11 is 9.19. The fourth-order valence-electron chi connectivity index (χ4n) is 1.36. The van der Waals surface area contributed by atoms with E-state index >= 15 is 0 Å². The Balaban J connectivity index is 2.27. The minimum atomic E-state index is 0.372. The molecule has 0 saturated heterocycles.